The van der Waals surface area contributed by atoms with E-state index in [2.05, 4.69) is 82.6 Å². The van der Waals surface area contributed by atoms with E-state index in [9.17, 15) is 4.79 Å². The minimum absolute atomic E-state index is 0.151. The van der Waals surface area contributed by atoms with E-state index in [1.54, 1.807) is 0 Å². The molecule has 3 aromatic carbocycles. The quantitative estimate of drug-likeness (QED) is 0.543. The van der Waals surface area contributed by atoms with Crippen molar-refractivity contribution in [1.29, 1.82) is 0 Å². The summed E-state index contributed by atoms with van der Waals surface area (Å²) >= 11 is 0. The van der Waals surface area contributed by atoms with Gasteiger partial charge in [0.2, 0.25) is 0 Å². The van der Waals surface area contributed by atoms with Crippen molar-refractivity contribution in [3.63, 3.8) is 0 Å². The fraction of sp³-hybridized carbons (Fsp3) is 0.300. The number of carbonyl (C=O) groups is 1. The Morgan fingerprint density at radius 3 is 2.21 bits per heavy atom. The lowest BCUT2D eigenvalue weighted by molar-refractivity contribution is 0.0650. The Kier molecular flexibility index (Phi) is 7.18. The number of hydrogen-bond acceptors (Lipinski definition) is 3. The van der Waals surface area contributed by atoms with Crippen molar-refractivity contribution >= 4 is 12.0 Å². The maximum atomic E-state index is 13.0. The molecular weight excluding hydrogens is 418 g/mol. The first-order valence-corrected chi connectivity index (χ1v) is 12.4. The minimum atomic E-state index is 0.151. The Morgan fingerprint density at radius 1 is 0.735 bits per heavy atom. The molecule has 1 saturated heterocycles. The Morgan fingerprint density at radius 2 is 1.44 bits per heavy atom. The lowest BCUT2D eigenvalue weighted by Crippen LogP contribution is -2.48. The maximum absolute atomic E-state index is 13.0. The van der Waals surface area contributed by atoms with Gasteiger partial charge in [0.05, 0.1) is 0 Å². The third-order valence-corrected chi connectivity index (χ3v) is 6.95. The van der Waals surface area contributed by atoms with Crippen LogP contribution in [0.1, 0.15) is 32.6 Å². The summed E-state index contributed by atoms with van der Waals surface area (Å²) in [5, 5.41) is 0. The van der Waals surface area contributed by atoms with E-state index >= 15 is 0 Å². The van der Waals surface area contributed by atoms with Crippen LogP contribution in [0.4, 0.5) is 0 Å². The van der Waals surface area contributed by atoms with Crippen molar-refractivity contribution in [3.8, 4) is 0 Å². The van der Waals surface area contributed by atoms with Gasteiger partial charge in [0, 0.05) is 57.9 Å². The lowest BCUT2D eigenvalue weighted by Gasteiger charge is -2.34. The van der Waals surface area contributed by atoms with Gasteiger partial charge in [-0.2, -0.15) is 0 Å². The molecule has 4 nitrogen and oxygen atoms in total. The first-order valence-electron chi connectivity index (χ1n) is 12.4. The molecule has 1 amide bonds. The Hall–Kier alpha value is -3.21. The van der Waals surface area contributed by atoms with Crippen LogP contribution in [-0.4, -0.2) is 59.9 Å². The highest BCUT2D eigenvalue weighted by Gasteiger charge is 2.22. The number of benzene rings is 3. The molecular formula is C30H33N3O. The maximum Gasteiger partial charge on any atom is 0.253 e. The first kappa shape index (κ1) is 22.6. The van der Waals surface area contributed by atoms with Gasteiger partial charge in [-0.3, -0.25) is 14.6 Å². The zero-order chi connectivity index (χ0) is 23.2. The Balaban J connectivity index is 1.09. The summed E-state index contributed by atoms with van der Waals surface area (Å²) in [6, 6.07) is 27.4. The molecule has 0 unspecified atom stereocenters. The lowest BCUT2D eigenvalue weighted by atomic mass is 9.99. The number of piperazine rings is 1. The fourth-order valence-corrected chi connectivity index (χ4v) is 4.92. The molecule has 0 aromatic heterocycles. The normalized spacial score (nSPS) is 17.1. The van der Waals surface area contributed by atoms with E-state index in [0.29, 0.717) is 0 Å². The molecule has 0 spiro atoms. The highest BCUT2D eigenvalue weighted by atomic mass is 16.2. The Labute approximate surface area is 203 Å². The monoisotopic (exact) mass is 451 g/mol. The van der Waals surface area contributed by atoms with Crippen molar-refractivity contribution in [1.82, 2.24) is 14.7 Å². The third kappa shape index (κ3) is 5.64. The van der Waals surface area contributed by atoms with Crippen molar-refractivity contribution in [2.24, 2.45) is 0 Å². The molecule has 0 radical (unpaired) electrons. The van der Waals surface area contributed by atoms with Crippen molar-refractivity contribution < 1.29 is 4.79 Å². The third-order valence-electron chi connectivity index (χ3n) is 6.95. The van der Waals surface area contributed by atoms with Gasteiger partial charge in [-0.1, -0.05) is 78.9 Å². The van der Waals surface area contributed by atoms with Crippen LogP contribution < -0.4 is 0 Å². The molecule has 4 heteroatoms. The van der Waals surface area contributed by atoms with Gasteiger partial charge < -0.3 is 4.90 Å². The van der Waals surface area contributed by atoms with Crippen LogP contribution in [0.15, 0.2) is 84.9 Å². The van der Waals surface area contributed by atoms with E-state index in [1.807, 2.05) is 23.1 Å². The second-order valence-electron chi connectivity index (χ2n) is 9.33. The molecule has 34 heavy (non-hydrogen) atoms. The van der Waals surface area contributed by atoms with Gasteiger partial charge in [-0.05, 0) is 40.8 Å². The van der Waals surface area contributed by atoms with E-state index in [4.69, 9.17) is 0 Å². The van der Waals surface area contributed by atoms with Gasteiger partial charge in [0.15, 0.2) is 0 Å². The average Bonchev–Trinajstić information content (AvgIpc) is 2.90. The summed E-state index contributed by atoms with van der Waals surface area (Å²) in [6.07, 6.45) is 5.50. The molecule has 2 aliphatic heterocycles. The first-order chi connectivity index (χ1) is 16.7. The fourth-order valence-electron chi connectivity index (χ4n) is 4.92. The second kappa shape index (κ2) is 10.8. The van der Waals surface area contributed by atoms with E-state index in [-0.39, 0.29) is 5.91 Å². The summed E-state index contributed by atoms with van der Waals surface area (Å²) in [5.41, 5.74) is 6.21. The van der Waals surface area contributed by atoms with Crippen LogP contribution >= 0.6 is 0 Å². The highest BCUT2D eigenvalue weighted by Crippen LogP contribution is 2.20. The van der Waals surface area contributed by atoms with Gasteiger partial charge in [-0.15, -0.1) is 0 Å². The zero-order valence-electron chi connectivity index (χ0n) is 19.8. The summed E-state index contributed by atoms with van der Waals surface area (Å²) in [5.74, 6) is 0.151. The summed E-state index contributed by atoms with van der Waals surface area (Å²) in [6.45, 7) is 7.34. The number of amides is 1. The zero-order valence-corrected chi connectivity index (χ0v) is 19.8. The van der Waals surface area contributed by atoms with Gasteiger partial charge in [-0.25, -0.2) is 0 Å². The van der Waals surface area contributed by atoms with Crippen LogP contribution in [0.25, 0.3) is 6.08 Å². The number of carbonyl (C=O) groups excluding carboxylic acids is 1. The summed E-state index contributed by atoms with van der Waals surface area (Å²) in [7, 11) is 0. The standard InChI is InChI=1S/C30H33N3O/c34-30(33-21-19-31(20-22-33)17-6-9-25-7-2-1-3-8-25)28-14-12-26(13-15-28)23-32-18-16-27-10-4-5-11-29(27)24-32/h1-15H,16-24H2/b9-6+. The number of rotatable bonds is 6. The molecule has 174 valence electrons. The van der Waals surface area contributed by atoms with Gasteiger partial charge >= 0.3 is 0 Å². The number of nitrogens with zero attached hydrogens (tertiary/aromatic N) is 3. The molecule has 1 fully saturated rings. The molecule has 2 heterocycles. The molecule has 5 rings (SSSR count). The Bertz CT molecular complexity index is 1120. The van der Waals surface area contributed by atoms with Crippen molar-refractivity contribution in [3.05, 3.63) is 113 Å². The molecule has 0 saturated carbocycles. The second-order valence-corrected chi connectivity index (χ2v) is 9.33. The predicted molar refractivity (Wildman–Crippen MR) is 139 cm³/mol. The smallest absolute Gasteiger partial charge is 0.253 e. The molecule has 0 N–H and O–H groups in total. The topological polar surface area (TPSA) is 26.8 Å². The number of fused-ring (bicyclic) bond motifs is 1. The van der Waals surface area contributed by atoms with Crippen LogP contribution in [0, 0.1) is 0 Å². The molecule has 0 aliphatic carbocycles. The van der Waals surface area contributed by atoms with E-state index in [0.717, 1.165) is 64.3 Å². The van der Waals surface area contributed by atoms with Crippen LogP contribution in [0.5, 0.6) is 0 Å². The molecule has 2 aliphatic rings. The van der Waals surface area contributed by atoms with Crippen molar-refractivity contribution in [2.75, 3.05) is 39.3 Å². The van der Waals surface area contributed by atoms with Crippen LogP contribution in [0.3, 0.4) is 0 Å². The van der Waals surface area contributed by atoms with Gasteiger partial charge in [0.1, 0.15) is 0 Å². The predicted octanol–water partition coefficient (Wildman–Crippen LogP) is 4.72. The van der Waals surface area contributed by atoms with Crippen LogP contribution in [0.2, 0.25) is 0 Å². The van der Waals surface area contributed by atoms with E-state index in [1.165, 1.54) is 22.3 Å². The van der Waals surface area contributed by atoms with E-state index < -0.39 is 0 Å². The van der Waals surface area contributed by atoms with Gasteiger partial charge in [0.25, 0.3) is 5.91 Å². The molecule has 3 aromatic rings. The molecule has 0 bridgehead atoms. The average molecular weight is 452 g/mol. The summed E-state index contributed by atoms with van der Waals surface area (Å²) < 4.78 is 0. The largest absolute Gasteiger partial charge is 0.336 e. The number of hydrogen-bond donors (Lipinski definition) is 0. The molecule has 0 atom stereocenters. The van der Waals surface area contributed by atoms with Crippen LogP contribution in [-0.2, 0) is 19.5 Å². The summed E-state index contributed by atoms with van der Waals surface area (Å²) in [4.78, 5) is 19.9. The minimum Gasteiger partial charge on any atom is -0.336 e. The van der Waals surface area contributed by atoms with Crippen molar-refractivity contribution in [2.45, 2.75) is 19.5 Å². The highest BCUT2D eigenvalue weighted by molar-refractivity contribution is 5.94. The SMILES string of the molecule is O=C(c1ccc(CN2CCc3ccccc3C2)cc1)N1CCN(C/C=C/c2ccccc2)CC1.